The van der Waals surface area contributed by atoms with E-state index in [2.05, 4.69) is 5.32 Å². The molecule has 2 amide bonds. The van der Waals surface area contributed by atoms with E-state index in [-0.39, 0.29) is 23.3 Å². The van der Waals surface area contributed by atoms with E-state index < -0.39 is 0 Å². The number of nitrogens with zero attached hydrogens (tertiary/aromatic N) is 1. The van der Waals surface area contributed by atoms with Gasteiger partial charge in [0.25, 0.3) is 0 Å². The van der Waals surface area contributed by atoms with Gasteiger partial charge in [-0.15, -0.1) is 0 Å². The van der Waals surface area contributed by atoms with E-state index in [4.69, 9.17) is 17.3 Å². The normalized spacial score (nSPS) is 18.6. The van der Waals surface area contributed by atoms with Gasteiger partial charge >= 0.3 is 0 Å². The molecular weight excluding hydrogens is 314 g/mol. The lowest BCUT2D eigenvalue weighted by atomic mass is 9.92. The summed E-state index contributed by atoms with van der Waals surface area (Å²) in [5, 5.41) is 3.42. The summed E-state index contributed by atoms with van der Waals surface area (Å²) < 4.78 is 0. The maximum Gasteiger partial charge on any atom is 0.245 e. The Bertz CT molecular complexity index is 632. The zero-order chi connectivity index (χ0) is 17.2. The van der Waals surface area contributed by atoms with Crippen LogP contribution in [-0.4, -0.2) is 24.4 Å². The lowest BCUT2D eigenvalue weighted by Gasteiger charge is -2.40. The Hall–Kier alpha value is -2.01. The molecule has 0 bridgehead atoms. The lowest BCUT2D eigenvalue weighted by molar-refractivity contribution is -0.125. The largest absolute Gasteiger partial charge is 0.401 e. The number of nitrogens with two attached hydrogens (primary N) is 1. The number of rotatable bonds is 4. The molecule has 0 saturated carbocycles. The van der Waals surface area contributed by atoms with Gasteiger partial charge in [0, 0.05) is 40.9 Å². The molecule has 0 radical (unpaired) electrons. The van der Waals surface area contributed by atoms with Gasteiger partial charge in [-0.05, 0) is 24.3 Å². The van der Waals surface area contributed by atoms with E-state index in [0.717, 1.165) is 5.69 Å². The second-order valence-corrected chi connectivity index (χ2v) is 7.13. The minimum atomic E-state index is -0.251. The quantitative estimate of drug-likeness (QED) is 0.655. The average Bonchev–Trinajstić information content (AvgIpc) is 2.44. The molecule has 23 heavy (non-hydrogen) atoms. The van der Waals surface area contributed by atoms with Crippen LogP contribution in [0.4, 0.5) is 5.69 Å². The van der Waals surface area contributed by atoms with Crippen LogP contribution in [0.25, 0.3) is 0 Å². The SMILES string of the molecule is CC(C)(C)C(N)=CC(=O)NC[C@@H]1CC(=O)N1c1ccc(Cl)cc1. The van der Waals surface area contributed by atoms with Crippen LogP contribution in [0.1, 0.15) is 27.2 Å². The summed E-state index contributed by atoms with van der Waals surface area (Å²) in [7, 11) is 0. The molecule has 1 aliphatic rings. The molecule has 1 fully saturated rings. The number of allylic oxidation sites excluding steroid dienone is 1. The highest BCUT2D eigenvalue weighted by atomic mass is 35.5. The van der Waals surface area contributed by atoms with Gasteiger partial charge in [0.2, 0.25) is 11.8 Å². The highest BCUT2D eigenvalue weighted by Gasteiger charge is 2.37. The predicted octanol–water partition coefficient (Wildman–Crippen LogP) is 2.45. The number of halogens is 1. The van der Waals surface area contributed by atoms with E-state index in [1.54, 1.807) is 29.2 Å². The van der Waals surface area contributed by atoms with Crippen LogP contribution in [0.3, 0.4) is 0 Å². The van der Waals surface area contributed by atoms with E-state index in [9.17, 15) is 9.59 Å². The summed E-state index contributed by atoms with van der Waals surface area (Å²) >= 11 is 5.86. The van der Waals surface area contributed by atoms with E-state index >= 15 is 0 Å². The molecule has 1 heterocycles. The van der Waals surface area contributed by atoms with Gasteiger partial charge < -0.3 is 16.0 Å². The fourth-order valence-electron chi connectivity index (χ4n) is 2.23. The molecule has 0 aliphatic carbocycles. The molecule has 1 atom stereocenters. The minimum Gasteiger partial charge on any atom is -0.401 e. The van der Waals surface area contributed by atoms with Gasteiger partial charge in [0.1, 0.15) is 0 Å². The summed E-state index contributed by atoms with van der Waals surface area (Å²) in [5.41, 5.74) is 6.94. The third-order valence-electron chi connectivity index (χ3n) is 3.81. The van der Waals surface area contributed by atoms with Gasteiger partial charge in [-0.1, -0.05) is 32.4 Å². The van der Waals surface area contributed by atoms with Gasteiger partial charge in [0.05, 0.1) is 6.04 Å². The Morgan fingerprint density at radius 1 is 1.39 bits per heavy atom. The predicted molar refractivity (Wildman–Crippen MR) is 92.1 cm³/mol. The second-order valence-electron chi connectivity index (χ2n) is 6.69. The number of β-lactam (4-membered cyclic amide) rings is 1. The topological polar surface area (TPSA) is 75.4 Å². The van der Waals surface area contributed by atoms with Crippen molar-refractivity contribution in [2.75, 3.05) is 11.4 Å². The maximum absolute atomic E-state index is 11.9. The summed E-state index contributed by atoms with van der Waals surface area (Å²) in [6.45, 7) is 6.22. The molecular formula is C17H22ClN3O2. The summed E-state index contributed by atoms with van der Waals surface area (Å²) in [6.07, 6.45) is 1.83. The first kappa shape index (κ1) is 17.3. The first-order valence-electron chi connectivity index (χ1n) is 7.51. The third kappa shape index (κ3) is 4.26. The van der Waals surface area contributed by atoms with Gasteiger partial charge in [0.15, 0.2) is 0 Å². The van der Waals surface area contributed by atoms with Crippen molar-refractivity contribution < 1.29 is 9.59 Å². The number of benzene rings is 1. The average molecular weight is 336 g/mol. The highest BCUT2D eigenvalue weighted by Crippen LogP contribution is 2.28. The van der Waals surface area contributed by atoms with E-state index in [1.807, 2.05) is 20.8 Å². The zero-order valence-corrected chi connectivity index (χ0v) is 14.4. The van der Waals surface area contributed by atoms with Crippen molar-refractivity contribution in [3.05, 3.63) is 41.1 Å². The van der Waals surface area contributed by atoms with Crippen molar-refractivity contribution in [2.45, 2.75) is 33.2 Å². The fraction of sp³-hybridized carbons (Fsp3) is 0.412. The number of hydrogen-bond donors (Lipinski definition) is 2. The van der Waals surface area contributed by atoms with Crippen molar-refractivity contribution in [3.63, 3.8) is 0 Å². The molecule has 1 saturated heterocycles. The Labute approximate surface area is 141 Å². The molecule has 0 aromatic heterocycles. The number of nitrogens with one attached hydrogen (secondary N) is 1. The minimum absolute atomic E-state index is 0.0383. The maximum atomic E-state index is 11.9. The van der Waals surface area contributed by atoms with Crippen molar-refractivity contribution >= 4 is 29.1 Å². The van der Waals surface area contributed by atoms with Crippen molar-refractivity contribution in [3.8, 4) is 0 Å². The summed E-state index contributed by atoms with van der Waals surface area (Å²) in [6, 6.07) is 7.03. The van der Waals surface area contributed by atoms with Gasteiger partial charge in [-0.3, -0.25) is 9.59 Å². The monoisotopic (exact) mass is 335 g/mol. The summed E-state index contributed by atoms with van der Waals surface area (Å²) in [4.78, 5) is 25.4. The molecule has 124 valence electrons. The van der Waals surface area contributed by atoms with Crippen LogP contribution in [0.15, 0.2) is 36.0 Å². The van der Waals surface area contributed by atoms with Crippen LogP contribution in [0.5, 0.6) is 0 Å². The molecule has 0 spiro atoms. The second kappa shape index (κ2) is 6.62. The van der Waals surface area contributed by atoms with Crippen molar-refractivity contribution in [2.24, 2.45) is 11.1 Å². The molecule has 6 heteroatoms. The molecule has 1 aromatic carbocycles. The van der Waals surface area contributed by atoms with E-state index in [1.165, 1.54) is 6.08 Å². The van der Waals surface area contributed by atoms with Crippen LogP contribution in [-0.2, 0) is 9.59 Å². The van der Waals surface area contributed by atoms with E-state index in [0.29, 0.717) is 23.7 Å². The summed E-state index contributed by atoms with van der Waals surface area (Å²) in [5.74, 6) is -0.204. The fourth-order valence-corrected chi connectivity index (χ4v) is 2.36. The van der Waals surface area contributed by atoms with Crippen LogP contribution in [0.2, 0.25) is 5.02 Å². The third-order valence-corrected chi connectivity index (χ3v) is 4.07. The molecule has 5 nitrogen and oxygen atoms in total. The van der Waals surface area contributed by atoms with Crippen molar-refractivity contribution in [1.82, 2.24) is 5.32 Å². The molecule has 1 aromatic rings. The highest BCUT2D eigenvalue weighted by molar-refractivity contribution is 6.30. The number of hydrogen-bond acceptors (Lipinski definition) is 3. The standard InChI is InChI=1S/C17H22ClN3O2/c1-17(2,3)14(19)9-15(22)20-10-13-8-16(23)21(13)12-6-4-11(18)5-7-12/h4-7,9,13H,8,10,19H2,1-3H3,(H,20,22)/t13-/m0/s1. The first-order valence-corrected chi connectivity index (χ1v) is 7.89. The van der Waals surface area contributed by atoms with Crippen LogP contribution in [0, 0.1) is 5.41 Å². The zero-order valence-electron chi connectivity index (χ0n) is 13.6. The Morgan fingerprint density at radius 3 is 2.52 bits per heavy atom. The Morgan fingerprint density at radius 2 is 2.00 bits per heavy atom. The van der Waals surface area contributed by atoms with Gasteiger partial charge in [-0.25, -0.2) is 0 Å². The first-order chi connectivity index (χ1) is 10.7. The van der Waals surface area contributed by atoms with Crippen LogP contribution >= 0.6 is 11.6 Å². The van der Waals surface area contributed by atoms with Gasteiger partial charge in [-0.2, -0.15) is 0 Å². The molecule has 0 unspecified atom stereocenters. The number of amides is 2. The number of carbonyl (C=O) groups is 2. The Balaban J connectivity index is 1.95. The molecule has 3 N–H and O–H groups in total. The smallest absolute Gasteiger partial charge is 0.245 e. The van der Waals surface area contributed by atoms with Crippen molar-refractivity contribution in [1.29, 1.82) is 0 Å². The lowest BCUT2D eigenvalue weighted by Crippen LogP contribution is -2.57. The van der Waals surface area contributed by atoms with Crippen LogP contribution < -0.4 is 16.0 Å². The number of carbonyl (C=O) groups excluding carboxylic acids is 2. The molecule has 1 aliphatic heterocycles. The molecule has 2 rings (SSSR count). The number of anilines is 1. The Kier molecular flexibility index (Phi) is 5.00.